The predicted octanol–water partition coefficient (Wildman–Crippen LogP) is 0.854. The van der Waals surface area contributed by atoms with Crippen molar-refractivity contribution in [3.8, 4) is 0 Å². The molecule has 0 bridgehead atoms. The van der Waals surface area contributed by atoms with Crippen LogP contribution >= 0.6 is 0 Å². The molecule has 0 spiro atoms. The van der Waals surface area contributed by atoms with Crippen molar-refractivity contribution in [3.63, 3.8) is 0 Å². The quantitative estimate of drug-likeness (QED) is 0.644. The molecule has 0 atom stereocenters. The van der Waals surface area contributed by atoms with Crippen molar-refractivity contribution in [1.82, 2.24) is 10.2 Å². The molecule has 0 aliphatic heterocycles. The van der Waals surface area contributed by atoms with Crippen LogP contribution in [0.25, 0.3) is 0 Å². The summed E-state index contributed by atoms with van der Waals surface area (Å²) in [5.41, 5.74) is 0. The molecular weight excluding hydrogens is 152 g/mol. The largest absolute Gasteiger partial charge is 0.342 e. The first-order valence-electron chi connectivity index (χ1n) is 4.74. The van der Waals surface area contributed by atoms with Crippen LogP contribution in [0.1, 0.15) is 27.2 Å². The van der Waals surface area contributed by atoms with Gasteiger partial charge in [-0.25, -0.2) is 0 Å². The summed E-state index contributed by atoms with van der Waals surface area (Å²) in [5, 5.41) is 3.03. The van der Waals surface area contributed by atoms with Gasteiger partial charge in [0.15, 0.2) is 0 Å². The lowest BCUT2D eigenvalue weighted by Crippen LogP contribution is -2.38. The molecule has 1 amide bonds. The predicted molar refractivity (Wildman–Crippen MR) is 51.1 cm³/mol. The van der Waals surface area contributed by atoms with E-state index < -0.39 is 0 Å². The Balaban J connectivity index is 3.69. The van der Waals surface area contributed by atoms with E-state index in [1.165, 1.54) is 0 Å². The number of likely N-dealkylation sites (N-methyl/N-ethyl adjacent to an activating group) is 2. The van der Waals surface area contributed by atoms with Crippen LogP contribution in [0.4, 0.5) is 0 Å². The molecule has 0 heterocycles. The lowest BCUT2D eigenvalue weighted by atomic mass is 10.4. The zero-order chi connectivity index (χ0) is 9.40. The molecular formula is C9H20N2O. The van der Waals surface area contributed by atoms with Crippen molar-refractivity contribution < 1.29 is 4.79 Å². The third-order valence-electron chi connectivity index (χ3n) is 1.75. The summed E-state index contributed by atoms with van der Waals surface area (Å²) in [4.78, 5) is 13.3. The highest BCUT2D eigenvalue weighted by atomic mass is 16.2. The van der Waals surface area contributed by atoms with Crippen LogP contribution in [-0.2, 0) is 4.79 Å². The third-order valence-corrected chi connectivity index (χ3v) is 1.75. The van der Waals surface area contributed by atoms with Gasteiger partial charge in [0, 0.05) is 13.1 Å². The zero-order valence-corrected chi connectivity index (χ0v) is 8.39. The Bertz CT molecular complexity index is 126. The van der Waals surface area contributed by atoms with Gasteiger partial charge in [0.2, 0.25) is 5.91 Å². The molecule has 0 unspecified atom stereocenters. The second-order valence-electron chi connectivity index (χ2n) is 2.75. The summed E-state index contributed by atoms with van der Waals surface area (Å²) in [5.74, 6) is 0.209. The standard InChI is InChI=1S/C9H20N2O/c1-4-7-11(6-3)9(12)8-10-5-2/h10H,4-8H2,1-3H3. The first-order valence-corrected chi connectivity index (χ1v) is 4.74. The molecule has 3 nitrogen and oxygen atoms in total. The Hall–Kier alpha value is -0.570. The molecule has 72 valence electrons. The Morgan fingerprint density at radius 1 is 1.33 bits per heavy atom. The highest BCUT2D eigenvalue weighted by molar-refractivity contribution is 5.78. The maximum absolute atomic E-state index is 11.4. The van der Waals surface area contributed by atoms with Crippen molar-refractivity contribution in [1.29, 1.82) is 0 Å². The number of nitrogens with one attached hydrogen (secondary N) is 1. The smallest absolute Gasteiger partial charge is 0.236 e. The number of carbonyl (C=O) groups excluding carboxylic acids is 1. The van der Waals surface area contributed by atoms with Gasteiger partial charge in [-0.3, -0.25) is 4.79 Å². The zero-order valence-electron chi connectivity index (χ0n) is 8.39. The fraction of sp³-hybridized carbons (Fsp3) is 0.889. The fourth-order valence-electron chi connectivity index (χ4n) is 1.07. The van der Waals surface area contributed by atoms with E-state index >= 15 is 0 Å². The van der Waals surface area contributed by atoms with E-state index in [4.69, 9.17) is 0 Å². The number of amides is 1. The van der Waals surface area contributed by atoms with Crippen molar-refractivity contribution >= 4 is 5.91 Å². The SMILES string of the molecule is CCCN(CC)C(=O)CNCC. The molecule has 0 aliphatic rings. The van der Waals surface area contributed by atoms with E-state index in [2.05, 4.69) is 12.2 Å². The number of nitrogens with zero attached hydrogens (tertiary/aromatic N) is 1. The average Bonchev–Trinajstić information content (AvgIpc) is 2.10. The van der Waals surface area contributed by atoms with E-state index in [0.29, 0.717) is 6.54 Å². The van der Waals surface area contributed by atoms with E-state index in [0.717, 1.165) is 26.1 Å². The van der Waals surface area contributed by atoms with Crippen molar-refractivity contribution in [2.45, 2.75) is 27.2 Å². The molecule has 0 saturated heterocycles. The summed E-state index contributed by atoms with van der Waals surface area (Å²) in [6.07, 6.45) is 1.03. The normalized spacial score (nSPS) is 9.92. The van der Waals surface area contributed by atoms with Crippen LogP contribution in [0.2, 0.25) is 0 Å². The lowest BCUT2D eigenvalue weighted by Gasteiger charge is -2.19. The molecule has 0 rings (SSSR count). The molecule has 0 aromatic carbocycles. The van der Waals surface area contributed by atoms with Gasteiger partial charge in [-0.15, -0.1) is 0 Å². The Kier molecular flexibility index (Phi) is 6.76. The molecule has 0 saturated carbocycles. The number of hydrogen-bond donors (Lipinski definition) is 1. The Labute approximate surface area is 75.1 Å². The summed E-state index contributed by atoms with van der Waals surface area (Å²) in [6, 6.07) is 0. The Morgan fingerprint density at radius 3 is 2.42 bits per heavy atom. The van der Waals surface area contributed by atoms with Gasteiger partial charge in [0.1, 0.15) is 0 Å². The molecule has 0 fully saturated rings. The summed E-state index contributed by atoms with van der Waals surface area (Å²) in [7, 11) is 0. The summed E-state index contributed by atoms with van der Waals surface area (Å²) >= 11 is 0. The summed E-state index contributed by atoms with van der Waals surface area (Å²) < 4.78 is 0. The van der Waals surface area contributed by atoms with Crippen molar-refractivity contribution in [3.05, 3.63) is 0 Å². The van der Waals surface area contributed by atoms with Crippen molar-refractivity contribution in [2.24, 2.45) is 0 Å². The third kappa shape index (κ3) is 4.34. The maximum Gasteiger partial charge on any atom is 0.236 e. The van der Waals surface area contributed by atoms with Crippen LogP contribution in [0, 0.1) is 0 Å². The molecule has 12 heavy (non-hydrogen) atoms. The first-order chi connectivity index (χ1) is 5.76. The van der Waals surface area contributed by atoms with Gasteiger partial charge < -0.3 is 10.2 Å². The lowest BCUT2D eigenvalue weighted by molar-refractivity contribution is -0.130. The van der Waals surface area contributed by atoms with Gasteiger partial charge >= 0.3 is 0 Å². The van der Waals surface area contributed by atoms with Crippen LogP contribution < -0.4 is 5.32 Å². The highest BCUT2D eigenvalue weighted by Gasteiger charge is 2.08. The second kappa shape index (κ2) is 7.10. The first kappa shape index (κ1) is 11.4. The van der Waals surface area contributed by atoms with Crippen LogP contribution in [0.15, 0.2) is 0 Å². The van der Waals surface area contributed by atoms with E-state index in [9.17, 15) is 4.79 Å². The van der Waals surface area contributed by atoms with Gasteiger partial charge in [-0.2, -0.15) is 0 Å². The van der Waals surface area contributed by atoms with Gasteiger partial charge in [-0.1, -0.05) is 13.8 Å². The maximum atomic E-state index is 11.4. The average molecular weight is 172 g/mol. The molecule has 0 radical (unpaired) electrons. The molecule has 0 aliphatic carbocycles. The van der Waals surface area contributed by atoms with Gasteiger partial charge in [-0.05, 0) is 19.9 Å². The topological polar surface area (TPSA) is 32.3 Å². The Morgan fingerprint density at radius 2 is 2.00 bits per heavy atom. The number of carbonyl (C=O) groups is 1. The van der Waals surface area contributed by atoms with E-state index in [-0.39, 0.29) is 5.91 Å². The molecule has 1 N–H and O–H groups in total. The van der Waals surface area contributed by atoms with Crippen LogP contribution in [0.3, 0.4) is 0 Å². The number of hydrogen-bond acceptors (Lipinski definition) is 2. The van der Waals surface area contributed by atoms with E-state index in [1.807, 2.05) is 18.7 Å². The summed E-state index contributed by atoms with van der Waals surface area (Å²) in [6.45, 7) is 9.13. The molecule has 3 heteroatoms. The molecule has 0 aromatic heterocycles. The second-order valence-corrected chi connectivity index (χ2v) is 2.75. The minimum absolute atomic E-state index is 0.209. The minimum Gasteiger partial charge on any atom is -0.342 e. The van der Waals surface area contributed by atoms with E-state index in [1.54, 1.807) is 0 Å². The monoisotopic (exact) mass is 172 g/mol. The number of rotatable bonds is 6. The van der Waals surface area contributed by atoms with Crippen LogP contribution in [0.5, 0.6) is 0 Å². The van der Waals surface area contributed by atoms with Gasteiger partial charge in [0.05, 0.1) is 6.54 Å². The van der Waals surface area contributed by atoms with Crippen LogP contribution in [-0.4, -0.2) is 37.0 Å². The fourth-order valence-corrected chi connectivity index (χ4v) is 1.07. The van der Waals surface area contributed by atoms with Gasteiger partial charge in [0.25, 0.3) is 0 Å². The molecule has 0 aromatic rings. The minimum atomic E-state index is 0.209. The highest BCUT2D eigenvalue weighted by Crippen LogP contribution is 1.90. The van der Waals surface area contributed by atoms with Crippen molar-refractivity contribution in [2.75, 3.05) is 26.2 Å².